The van der Waals surface area contributed by atoms with Crippen LogP contribution in [0, 0.1) is 0 Å². The molecule has 5 heavy (non-hydrogen) atoms. The van der Waals surface area contributed by atoms with Gasteiger partial charge in [0.25, 0.3) is 0 Å². The number of rotatable bonds is 0. The smallest absolute Gasteiger partial charge is 0.795 e. The molecule has 2 nitrogen and oxygen atoms in total. The molecular formula is CaI2O2. The van der Waals surface area contributed by atoms with Crippen LogP contribution in [0.1, 0.15) is 0 Å². The molecule has 28 valence electrons. The number of hydrogen-bond donors (Lipinski definition) is 0. The fraction of sp³-hybridized carbons (Fsp3) is 0. The van der Waals surface area contributed by atoms with Crippen molar-refractivity contribution in [2.75, 3.05) is 0 Å². The Labute approximate surface area is 88.7 Å². The second-order valence-electron chi connectivity index (χ2n) is 0. The minimum Gasteiger partial charge on any atom is -0.795 e. The van der Waals surface area contributed by atoms with Crippen molar-refractivity contribution < 1.29 is 6.87 Å². The zero-order chi connectivity index (χ0) is 4.00. The van der Waals surface area contributed by atoms with E-state index in [2.05, 4.69) is 0 Å². The second-order valence-corrected chi connectivity index (χ2v) is 0. The van der Waals surface area contributed by atoms with Crippen LogP contribution in [0.15, 0.2) is 0 Å². The van der Waals surface area contributed by atoms with Crippen molar-refractivity contribution in [3.63, 3.8) is 0 Å². The Morgan fingerprint density at radius 3 is 0.800 bits per heavy atom. The molecule has 0 saturated carbocycles. The van der Waals surface area contributed by atoms with Gasteiger partial charge in [-0.1, -0.05) is 0 Å². The number of halogens is 2. The van der Waals surface area contributed by atoms with Crippen molar-refractivity contribution in [3.05, 3.63) is 0 Å². The van der Waals surface area contributed by atoms with Gasteiger partial charge in [-0.25, -0.2) is 46.0 Å². The molecule has 0 aliphatic heterocycles. The Bertz CT molecular complexity index is 7.61. The molecule has 0 radical (unpaired) electrons. The van der Waals surface area contributed by atoms with E-state index >= 15 is 0 Å². The van der Waals surface area contributed by atoms with Crippen molar-refractivity contribution in [1.82, 2.24) is 0 Å². The molecule has 0 aromatic rings. The van der Waals surface area contributed by atoms with E-state index in [9.17, 15) is 0 Å². The van der Waals surface area contributed by atoms with E-state index < -0.39 is 0 Å². The Morgan fingerprint density at radius 1 is 0.800 bits per heavy atom. The maximum atomic E-state index is 8.22. The van der Waals surface area contributed by atoms with E-state index in [1.165, 1.54) is 0 Å². The van der Waals surface area contributed by atoms with Crippen LogP contribution in [0.2, 0.25) is 0 Å². The number of hydrogen-bond acceptors (Lipinski definition) is 2. The zero-order valence-corrected chi connectivity index (χ0v) is 8.80. The molecule has 0 atom stereocenters. The van der Waals surface area contributed by atoms with E-state index in [0.717, 1.165) is 46.0 Å². The molecule has 0 rings (SSSR count). The van der Waals surface area contributed by atoms with Gasteiger partial charge in [0.2, 0.25) is 0 Å². The molecule has 0 fully saturated rings. The molecule has 0 unspecified atom stereocenters. The fourth-order valence-corrected chi connectivity index (χ4v) is 0. The van der Waals surface area contributed by atoms with Gasteiger partial charge in [-0.05, 0) is 0 Å². The van der Waals surface area contributed by atoms with Crippen LogP contribution >= 0.6 is 46.0 Å². The zero-order valence-electron chi connectivity index (χ0n) is 2.28. The first-order valence-electron chi connectivity index (χ1n) is 0.309. The summed E-state index contributed by atoms with van der Waals surface area (Å²) in [4.78, 5) is 0. The van der Waals surface area contributed by atoms with Crippen LogP contribution in [0.25, 0.3) is 0 Å². The first-order chi connectivity index (χ1) is 2.00. The Morgan fingerprint density at radius 2 is 0.800 bits per heavy atom. The third-order valence-corrected chi connectivity index (χ3v) is 0. The SMILES string of the molecule is [Ca+2].[O-]I.[O-]I. The van der Waals surface area contributed by atoms with E-state index in [1.54, 1.807) is 0 Å². The fourth-order valence-electron chi connectivity index (χ4n) is 0. The molecule has 0 aromatic heterocycles. The average molecular weight is 326 g/mol. The molecule has 0 N–H and O–H groups in total. The molecule has 5 heteroatoms. The Hall–Kier alpha value is 2.64. The van der Waals surface area contributed by atoms with Crippen molar-refractivity contribution in [2.24, 2.45) is 0 Å². The largest absolute Gasteiger partial charge is 2.00 e. The average Bonchev–Trinajstić information content (AvgIpc) is 1.50. The molecule has 0 aliphatic carbocycles. The van der Waals surface area contributed by atoms with E-state index in [-0.39, 0.29) is 37.7 Å². The monoisotopic (exact) mass is 326 g/mol. The van der Waals surface area contributed by atoms with E-state index in [0.29, 0.717) is 0 Å². The van der Waals surface area contributed by atoms with E-state index in [1.807, 2.05) is 0 Å². The third kappa shape index (κ3) is 20.5. The molecule has 0 amide bonds. The maximum absolute atomic E-state index is 8.22. The molecule has 0 spiro atoms. The van der Waals surface area contributed by atoms with Crippen molar-refractivity contribution in [1.29, 1.82) is 0 Å². The molecule has 0 aromatic carbocycles. The first kappa shape index (κ1) is 15.6. The van der Waals surface area contributed by atoms with Crippen LogP contribution in [0.3, 0.4) is 0 Å². The standard InChI is InChI=1S/Ca.2IO/c;2*1-2/q+2;2*-1. The molecule has 0 saturated heterocycles. The topological polar surface area (TPSA) is 46.1 Å². The predicted molar refractivity (Wildman–Crippen MR) is 33.8 cm³/mol. The summed E-state index contributed by atoms with van der Waals surface area (Å²) >= 11 is 1.80. The van der Waals surface area contributed by atoms with Gasteiger partial charge in [0.15, 0.2) is 0 Å². The van der Waals surface area contributed by atoms with Crippen LogP contribution in [0.4, 0.5) is 0 Å². The second kappa shape index (κ2) is 30.3. The van der Waals surface area contributed by atoms with Crippen molar-refractivity contribution >= 4 is 83.7 Å². The molecule has 0 bridgehead atoms. The summed E-state index contributed by atoms with van der Waals surface area (Å²) in [5.41, 5.74) is 0. The van der Waals surface area contributed by atoms with Gasteiger partial charge in [0, 0.05) is 0 Å². The summed E-state index contributed by atoms with van der Waals surface area (Å²) in [5, 5.41) is 0. The van der Waals surface area contributed by atoms with Gasteiger partial charge >= 0.3 is 37.7 Å². The summed E-state index contributed by atoms with van der Waals surface area (Å²) in [6.07, 6.45) is 0. The first-order valence-corrected chi connectivity index (χ1v) is 2.07. The minimum atomic E-state index is 0. The molecule has 0 heterocycles. The normalized spacial score (nSPS) is 2.40. The van der Waals surface area contributed by atoms with Gasteiger partial charge in [-0.15, -0.1) is 0 Å². The maximum Gasteiger partial charge on any atom is 2.00 e. The predicted octanol–water partition coefficient (Wildman–Crippen LogP) is -0.987. The van der Waals surface area contributed by atoms with Gasteiger partial charge in [0.05, 0.1) is 0 Å². The van der Waals surface area contributed by atoms with Gasteiger partial charge in [-0.2, -0.15) is 0 Å². The van der Waals surface area contributed by atoms with Crippen molar-refractivity contribution in [3.8, 4) is 0 Å². The van der Waals surface area contributed by atoms with Gasteiger partial charge in [-0.3, -0.25) is 0 Å². The quantitative estimate of drug-likeness (QED) is 0.424. The summed E-state index contributed by atoms with van der Waals surface area (Å²) in [5.74, 6) is 0. The third-order valence-electron chi connectivity index (χ3n) is 0. The molecule has 0 aliphatic rings. The van der Waals surface area contributed by atoms with Gasteiger partial charge in [0.1, 0.15) is 0 Å². The van der Waals surface area contributed by atoms with E-state index in [4.69, 9.17) is 6.87 Å². The minimum absolute atomic E-state index is 0. The Kier molecular flexibility index (Phi) is 94.8. The van der Waals surface area contributed by atoms with Crippen LogP contribution in [0.5, 0.6) is 0 Å². The summed E-state index contributed by atoms with van der Waals surface area (Å²) < 4.78 is 16.4. The summed E-state index contributed by atoms with van der Waals surface area (Å²) in [6.45, 7) is 0. The Balaban J connectivity index is -0.0000000133. The van der Waals surface area contributed by atoms with Crippen LogP contribution in [-0.4, -0.2) is 37.7 Å². The van der Waals surface area contributed by atoms with Gasteiger partial charge < -0.3 is 6.87 Å². The van der Waals surface area contributed by atoms with Crippen molar-refractivity contribution in [2.45, 2.75) is 0 Å². The van der Waals surface area contributed by atoms with Crippen LogP contribution < -0.4 is 6.87 Å². The summed E-state index contributed by atoms with van der Waals surface area (Å²) in [6, 6.07) is 0. The summed E-state index contributed by atoms with van der Waals surface area (Å²) in [7, 11) is 0. The van der Waals surface area contributed by atoms with Crippen LogP contribution in [-0.2, 0) is 0 Å². The molecular weight excluding hydrogens is 326 g/mol.